The third-order valence-corrected chi connectivity index (χ3v) is 5.62. The number of quaternary nitrogens is 1. The van der Waals surface area contributed by atoms with E-state index in [2.05, 4.69) is 44.4 Å². The summed E-state index contributed by atoms with van der Waals surface area (Å²) in [7, 11) is 4.71. The number of fused-ring (bicyclic) bond motifs is 4. The molecule has 3 heteroatoms. The molecule has 0 bridgehead atoms. The van der Waals surface area contributed by atoms with Crippen molar-refractivity contribution < 1.29 is 14.0 Å². The lowest BCUT2D eigenvalue weighted by Gasteiger charge is -2.45. The number of hydrogen-bond donors (Lipinski definition) is 0. The highest BCUT2D eigenvalue weighted by atomic mass is 16.7. The van der Waals surface area contributed by atoms with Crippen molar-refractivity contribution in [3.05, 3.63) is 47.0 Å². The van der Waals surface area contributed by atoms with Gasteiger partial charge < -0.3 is 14.0 Å². The zero-order valence-corrected chi connectivity index (χ0v) is 13.1. The van der Waals surface area contributed by atoms with Crippen LogP contribution in [0, 0.1) is 0 Å². The smallest absolute Gasteiger partial charge is 0.231 e. The molecule has 2 heterocycles. The third kappa shape index (κ3) is 1.49. The molecule has 0 unspecified atom stereocenters. The summed E-state index contributed by atoms with van der Waals surface area (Å²) in [5.41, 5.74) is 7.01. The highest BCUT2D eigenvalue weighted by Gasteiger charge is 2.43. The quantitative estimate of drug-likeness (QED) is 0.694. The first-order valence-electron chi connectivity index (χ1n) is 8.01. The Labute approximate surface area is 130 Å². The van der Waals surface area contributed by atoms with Gasteiger partial charge in [-0.05, 0) is 22.8 Å². The standard InChI is InChI=1S/C19H20NO2/c1-20(2)8-7-13-10-16-19(22-11-21-16)18-14-6-4-3-5-12(14)9-15(20)17(13)18/h3-6,10,15H,7-9,11H2,1-2H3/q+1/t15-/m1/s1. The van der Waals surface area contributed by atoms with E-state index in [-0.39, 0.29) is 0 Å². The number of nitrogens with zero attached hydrogens (tertiary/aromatic N) is 1. The van der Waals surface area contributed by atoms with E-state index in [1.54, 1.807) is 0 Å². The zero-order chi connectivity index (χ0) is 14.9. The first kappa shape index (κ1) is 12.5. The molecule has 2 aromatic carbocycles. The van der Waals surface area contributed by atoms with E-state index in [1.165, 1.54) is 34.4 Å². The van der Waals surface area contributed by atoms with Gasteiger partial charge in [0.15, 0.2) is 11.5 Å². The van der Waals surface area contributed by atoms with Crippen LogP contribution in [0.3, 0.4) is 0 Å². The Hall–Kier alpha value is -2.00. The number of benzene rings is 2. The third-order valence-electron chi connectivity index (χ3n) is 5.62. The van der Waals surface area contributed by atoms with Gasteiger partial charge in [0.25, 0.3) is 0 Å². The molecule has 0 fully saturated rings. The lowest BCUT2D eigenvalue weighted by molar-refractivity contribution is -0.923. The molecule has 0 radical (unpaired) electrons. The molecule has 5 rings (SSSR count). The first-order chi connectivity index (χ1) is 10.6. The van der Waals surface area contributed by atoms with Crippen LogP contribution >= 0.6 is 0 Å². The Kier molecular flexibility index (Phi) is 2.31. The summed E-state index contributed by atoms with van der Waals surface area (Å²) >= 11 is 0. The molecule has 112 valence electrons. The summed E-state index contributed by atoms with van der Waals surface area (Å²) in [5.74, 6) is 1.88. The second-order valence-corrected chi connectivity index (χ2v) is 7.19. The van der Waals surface area contributed by atoms with Crippen molar-refractivity contribution in [2.24, 2.45) is 0 Å². The van der Waals surface area contributed by atoms with Crippen LogP contribution in [0.1, 0.15) is 22.7 Å². The summed E-state index contributed by atoms with van der Waals surface area (Å²) in [6.07, 6.45) is 2.23. The maximum atomic E-state index is 5.86. The van der Waals surface area contributed by atoms with Gasteiger partial charge >= 0.3 is 0 Å². The van der Waals surface area contributed by atoms with E-state index < -0.39 is 0 Å². The van der Waals surface area contributed by atoms with Crippen molar-refractivity contribution in [3.63, 3.8) is 0 Å². The molecule has 2 aromatic rings. The zero-order valence-electron chi connectivity index (χ0n) is 13.1. The van der Waals surface area contributed by atoms with E-state index >= 15 is 0 Å². The highest BCUT2D eigenvalue weighted by molar-refractivity contribution is 5.83. The fourth-order valence-electron chi connectivity index (χ4n) is 4.38. The minimum Gasteiger partial charge on any atom is -0.454 e. The Bertz CT molecular complexity index is 794. The van der Waals surface area contributed by atoms with Gasteiger partial charge in [0.1, 0.15) is 6.04 Å². The van der Waals surface area contributed by atoms with Crippen molar-refractivity contribution >= 4 is 0 Å². The maximum Gasteiger partial charge on any atom is 0.231 e. The largest absolute Gasteiger partial charge is 0.454 e. The van der Waals surface area contributed by atoms with Gasteiger partial charge in [-0.15, -0.1) is 0 Å². The van der Waals surface area contributed by atoms with Crippen LogP contribution in [0.2, 0.25) is 0 Å². The summed E-state index contributed by atoms with van der Waals surface area (Å²) in [6.45, 7) is 1.52. The average Bonchev–Trinajstić information content (AvgIpc) is 2.98. The molecule has 0 amide bonds. The number of likely N-dealkylation sites (N-methyl/N-ethyl adjacent to an activating group) is 1. The minimum absolute atomic E-state index is 0.344. The fourth-order valence-corrected chi connectivity index (χ4v) is 4.38. The Balaban J connectivity index is 1.89. The summed E-state index contributed by atoms with van der Waals surface area (Å²) in [6, 6.07) is 11.5. The van der Waals surface area contributed by atoms with Gasteiger partial charge in [-0.2, -0.15) is 0 Å². The normalized spacial score (nSPS) is 22.9. The van der Waals surface area contributed by atoms with Crippen LogP contribution in [0.4, 0.5) is 0 Å². The van der Waals surface area contributed by atoms with E-state index in [9.17, 15) is 0 Å². The molecular formula is C19H20NO2+. The van der Waals surface area contributed by atoms with Crippen molar-refractivity contribution in [3.8, 4) is 22.6 Å². The van der Waals surface area contributed by atoms with Crippen LogP contribution in [0.25, 0.3) is 11.1 Å². The predicted molar refractivity (Wildman–Crippen MR) is 85.1 cm³/mol. The first-order valence-corrected chi connectivity index (χ1v) is 8.01. The van der Waals surface area contributed by atoms with Crippen molar-refractivity contribution in [2.45, 2.75) is 18.9 Å². The molecule has 0 saturated carbocycles. The van der Waals surface area contributed by atoms with E-state index in [0.717, 1.165) is 28.8 Å². The summed E-state index contributed by atoms with van der Waals surface area (Å²) in [5, 5.41) is 0. The van der Waals surface area contributed by atoms with Gasteiger partial charge in [-0.25, -0.2) is 0 Å². The van der Waals surface area contributed by atoms with E-state index in [4.69, 9.17) is 9.47 Å². The molecule has 0 spiro atoms. The molecule has 3 nitrogen and oxygen atoms in total. The minimum atomic E-state index is 0.344. The van der Waals surface area contributed by atoms with Gasteiger partial charge in [0, 0.05) is 24.0 Å². The summed E-state index contributed by atoms with van der Waals surface area (Å²) in [4.78, 5) is 0. The van der Waals surface area contributed by atoms with Crippen LogP contribution in [-0.4, -0.2) is 31.9 Å². The lowest BCUT2D eigenvalue weighted by atomic mass is 9.76. The van der Waals surface area contributed by atoms with E-state index in [1.807, 2.05) is 0 Å². The van der Waals surface area contributed by atoms with Crippen LogP contribution in [0.5, 0.6) is 11.5 Å². The van der Waals surface area contributed by atoms with Gasteiger partial charge in [0.2, 0.25) is 6.79 Å². The highest BCUT2D eigenvalue weighted by Crippen LogP contribution is 2.54. The number of rotatable bonds is 0. The van der Waals surface area contributed by atoms with Gasteiger partial charge in [0.05, 0.1) is 20.6 Å². The lowest BCUT2D eigenvalue weighted by Crippen LogP contribution is -2.49. The van der Waals surface area contributed by atoms with Crippen molar-refractivity contribution in [2.75, 3.05) is 27.4 Å². The van der Waals surface area contributed by atoms with Gasteiger partial charge in [-0.3, -0.25) is 0 Å². The van der Waals surface area contributed by atoms with Crippen molar-refractivity contribution in [1.82, 2.24) is 0 Å². The molecule has 1 aliphatic carbocycles. The van der Waals surface area contributed by atoms with Crippen molar-refractivity contribution in [1.29, 1.82) is 0 Å². The Morgan fingerprint density at radius 3 is 2.86 bits per heavy atom. The molecule has 2 aliphatic heterocycles. The average molecular weight is 294 g/mol. The van der Waals surface area contributed by atoms with Crippen LogP contribution < -0.4 is 9.47 Å². The topological polar surface area (TPSA) is 18.5 Å². The molecule has 22 heavy (non-hydrogen) atoms. The van der Waals surface area contributed by atoms with Gasteiger partial charge in [-0.1, -0.05) is 24.3 Å². The Morgan fingerprint density at radius 1 is 1.09 bits per heavy atom. The monoisotopic (exact) mass is 294 g/mol. The molecule has 0 N–H and O–H groups in total. The molecule has 3 aliphatic rings. The summed E-state index contributed by atoms with van der Waals surface area (Å²) < 4.78 is 12.6. The maximum absolute atomic E-state index is 5.86. The fraction of sp³-hybridized carbons (Fsp3) is 0.368. The second-order valence-electron chi connectivity index (χ2n) is 7.19. The molecule has 0 aromatic heterocycles. The molecular weight excluding hydrogens is 274 g/mol. The van der Waals surface area contributed by atoms with Crippen LogP contribution in [0.15, 0.2) is 30.3 Å². The molecule has 0 saturated heterocycles. The number of ether oxygens (including phenoxy) is 2. The second kappa shape index (κ2) is 4.05. The predicted octanol–water partition coefficient (Wildman–Crippen LogP) is 3.31. The van der Waals surface area contributed by atoms with E-state index in [0.29, 0.717) is 12.8 Å². The SMILES string of the molecule is C[N+]1(C)CCc2cc3c(c4c2[C@H]1Cc1ccccc1-4)OCO3. The van der Waals surface area contributed by atoms with Crippen LogP contribution in [-0.2, 0) is 12.8 Å². The number of hydrogen-bond acceptors (Lipinski definition) is 2. The molecule has 1 atom stereocenters. The Morgan fingerprint density at radius 2 is 1.95 bits per heavy atom.